The summed E-state index contributed by atoms with van der Waals surface area (Å²) in [6, 6.07) is 13.0. The highest BCUT2D eigenvalue weighted by Gasteiger charge is 2.19. The molecule has 0 radical (unpaired) electrons. The summed E-state index contributed by atoms with van der Waals surface area (Å²) < 4.78 is 10.8. The van der Waals surface area contributed by atoms with Crippen LogP contribution in [-0.4, -0.2) is 23.2 Å². The SMILES string of the molecule is CCOc1ccc(-c2cccc(C(=O)OC(C)(C)C)n2)cc1. The third kappa shape index (κ3) is 4.32. The van der Waals surface area contributed by atoms with Gasteiger partial charge in [-0.05, 0) is 64.1 Å². The lowest BCUT2D eigenvalue weighted by atomic mass is 10.1. The van der Waals surface area contributed by atoms with Crippen LogP contribution in [0.15, 0.2) is 42.5 Å². The van der Waals surface area contributed by atoms with Gasteiger partial charge in [0.1, 0.15) is 17.0 Å². The van der Waals surface area contributed by atoms with Gasteiger partial charge in [-0.15, -0.1) is 0 Å². The van der Waals surface area contributed by atoms with Gasteiger partial charge in [0.25, 0.3) is 0 Å². The second-order valence-corrected chi connectivity index (χ2v) is 5.87. The van der Waals surface area contributed by atoms with Gasteiger partial charge in [0.05, 0.1) is 12.3 Å². The first kappa shape index (κ1) is 16.0. The summed E-state index contributed by atoms with van der Waals surface area (Å²) in [6.45, 7) is 8.08. The molecular weight excluding hydrogens is 278 g/mol. The normalized spacial score (nSPS) is 11.1. The number of esters is 1. The van der Waals surface area contributed by atoms with Gasteiger partial charge in [-0.25, -0.2) is 9.78 Å². The zero-order valence-corrected chi connectivity index (χ0v) is 13.4. The molecule has 2 rings (SSSR count). The van der Waals surface area contributed by atoms with Crippen molar-refractivity contribution in [3.05, 3.63) is 48.2 Å². The molecule has 0 aliphatic rings. The maximum absolute atomic E-state index is 12.1. The van der Waals surface area contributed by atoms with Crippen molar-refractivity contribution in [3.8, 4) is 17.0 Å². The predicted octanol–water partition coefficient (Wildman–Crippen LogP) is 4.10. The number of rotatable bonds is 4. The average Bonchev–Trinajstić information content (AvgIpc) is 2.47. The highest BCUT2D eigenvalue weighted by Crippen LogP contribution is 2.21. The number of pyridine rings is 1. The molecule has 0 spiro atoms. The Morgan fingerprint density at radius 2 is 1.77 bits per heavy atom. The minimum atomic E-state index is -0.534. The van der Waals surface area contributed by atoms with E-state index in [1.807, 2.05) is 58.0 Å². The fraction of sp³-hybridized carbons (Fsp3) is 0.333. The van der Waals surface area contributed by atoms with Gasteiger partial charge in [0, 0.05) is 5.56 Å². The summed E-state index contributed by atoms with van der Waals surface area (Å²) in [5.41, 5.74) is 1.43. The van der Waals surface area contributed by atoms with E-state index in [2.05, 4.69) is 4.98 Å². The van der Waals surface area contributed by atoms with E-state index in [9.17, 15) is 4.79 Å². The first-order valence-corrected chi connectivity index (χ1v) is 7.32. The molecule has 1 aromatic heterocycles. The Kier molecular flexibility index (Phi) is 4.81. The van der Waals surface area contributed by atoms with Crippen LogP contribution in [0.5, 0.6) is 5.75 Å². The molecule has 4 nitrogen and oxygen atoms in total. The first-order valence-electron chi connectivity index (χ1n) is 7.32. The van der Waals surface area contributed by atoms with E-state index in [0.717, 1.165) is 17.0 Å². The van der Waals surface area contributed by atoms with Crippen LogP contribution in [0.3, 0.4) is 0 Å². The Hall–Kier alpha value is -2.36. The number of carbonyl (C=O) groups is 1. The van der Waals surface area contributed by atoms with Crippen LogP contribution in [0, 0.1) is 0 Å². The maximum Gasteiger partial charge on any atom is 0.357 e. The van der Waals surface area contributed by atoms with Crippen LogP contribution in [0.1, 0.15) is 38.2 Å². The van der Waals surface area contributed by atoms with Crippen molar-refractivity contribution >= 4 is 5.97 Å². The molecule has 1 heterocycles. The van der Waals surface area contributed by atoms with Crippen molar-refractivity contribution in [3.63, 3.8) is 0 Å². The van der Waals surface area contributed by atoms with Crippen LogP contribution in [0.25, 0.3) is 11.3 Å². The van der Waals surface area contributed by atoms with Crippen molar-refractivity contribution in [2.45, 2.75) is 33.3 Å². The van der Waals surface area contributed by atoms with Gasteiger partial charge in [-0.3, -0.25) is 0 Å². The largest absolute Gasteiger partial charge is 0.494 e. The number of nitrogens with zero attached hydrogens (tertiary/aromatic N) is 1. The second kappa shape index (κ2) is 6.60. The summed E-state index contributed by atoms with van der Waals surface area (Å²) in [4.78, 5) is 16.5. The Morgan fingerprint density at radius 3 is 2.36 bits per heavy atom. The molecule has 0 saturated heterocycles. The number of ether oxygens (including phenoxy) is 2. The molecule has 1 aromatic carbocycles. The fourth-order valence-corrected chi connectivity index (χ4v) is 1.93. The zero-order chi connectivity index (χ0) is 16.2. The molecule has 0 saturated carbocycles. The minimum absolute atomic E-state index is 0.307. The summed E-state index contributed by atoms with van der Waals surface area (Å²) in [7, 11) is 0. The number of benzene rings is 1. The zero-order valence-electron chi connectivity index (χ0n) is 13.4. The van der Waals surface area contributed by atoms with Gasteiger partial charge < -0.3 is 9.47 Å². The van der Waals surface area contributed by atoms with Gasteiger partial charge >= 0.3 is 5.97 Å². The molecule has 0 atom stereocenters. The molecule has 0 unspecified atom stereocenters. The van der Waals surface area contributed by atoms with Gasteiger partial charge in [-0.1, -0.05) is 6.07 Å². The van der Waals surface area contributed by atoms with Crippen LogP contribution in [-0.2, 0) is 4.74 Å². The second-order valence-electron chi connectivity index (χ2n) is 5.87. The van der Waals surface area contributed by atoms with Crippen LogP contribution >= 0.6 is 0 Å². The third-order valence-electron chi connectivity index (χ3n) is 2.82. The van der Waals surface area contributed by atoms with E-state index >= 15 is 0 Å². The first-order chi connectivity index (χ1) is 10.4. The van der Waals surface area contributed by atoms with Crippen LogP contribution in [0.4, 0.5) is 0 Å². The number of aromatic nitrogens is 1. The number of hydrogen-bond acceptors (Lipinski definition) is 4. The van der Waals surface area contributed by atoms with Gasteiger partial charge in [0.2, 0.25) is 0 Å². The Balaban J connectivity index is 2.22. The minimum Gasteiger partial charge on any atom is -0.494 e. The number of hydrogen-bond donors (Lipinski definition) is 0. The van der Waals surface area contributed by atoms with Crippen molar-refractivity contribution in [2.75, 3.05) is 6.61 Å². The quantitative estimate of drug-likeness (QED) is 0.797. The monoisotopic (exact) mass is 299 g/mol. The van der Waals surface area contributed by atoms with E-state index in [1.54, 1.807) is 12.1 Å². The lowest BCUT2D eigenvalue weighted by molar-refractivity contribution is 0.00630. The molecular formula is C18H21NO3. The molecule has 22 heavy (non-hydrogen) atoms. The van der Waals surface area contributed by atoms with Gasteiger partial charge in [-0.2, -0.15) is 0 Å². The predicted molar refractivity (Wildman–Crippen MR) is 86.0 cm³/mol. The average molecular weight is 299 g/mol. The Morgan fingerprint density at radius 1 is 1.09 bits per heavy atom. The van der Waals surface area contributed by atoms with E-state index in [-0.39, 0.29) is 0 Å². The standard InChI is InChI=1S/C18H21NO3/c1-5-21-14-11-9-13(10-12-14)15-7-6-8-16(19-15)17(20)22-18(2,3)4/h6-12H,5H2,1-4H3. The Bertz CT molecular complexity index is 642. The summed E-state index contributed by atoms with van der Waals surface area (Å²) in [5, 5.41) is 0. The van der Waals surface area contributed by atoms with Crippen molar-refractivity contribution < 1.29 is 14.3 Å². The molecule has 0 bridgehead atoms. The lowest BCUT2D eigenvalue weighted by Gasteiger charge is -2.19. The van der Waals surface area contributed by atoms with E-state index in [4.69, 9.17) is 9.47 Å². The fourth-order valence-electron chi connectivity index (χ4n) is 1.93. The molecule has 0 amide bonds. The molecule has 0 fully saturated rings. The smallest absolute Gasteiger partial charge is 0.357 e. The van der Waals surface area contributed by atoms with E-state index in [0.29, 0.717) is 12.3 Å². The molecule has 0 N–H and O–H groups in total. The summed E-state index contributed by atoms with van der Waals surface area (Å²) in [5.74, 6) is 0.398. The van der Waals surface area contributed by atoms with Gasteiger partial charge in [0.15, 0.2) is 0 Å². The molecule has 4 heteroatoms. The third-order valence-corrected chi connectivity index (χ3v) is 2.82. The van der Waals surface area contributed by atoms with Crippen molar-refractivity contribution in [1.82, 2.24) is 4.98 Å². The van der Waals surface area contributed by atoms with Crippen molar-refractivity contribution in [2.24, 2.45) is 0 Å². The highest BCUT2D eigenvalue weighted by molar-refractivity contribution is 5.88. The lowest BCUT2D eigenvalue weighted by Crippen LogP contribution is -2.24. The van der Waals surface area contributed by atoms with E-state index in [1.165, 1.54) is 0 Å². The molecule has 0 aliphatic carbocycles. The highest BCUT2D eigenvalue weighted by atomic mass is 16.6. The summed E-state index contributed by atoms with van der Waals surface area (Å²) >= 11 is 0. The van der Waals surface area contributed by atoms with Crippen LogP contribution < -0.4 is 4.74 Å². The molecule has 116 valence electrons. The van der Waals surface area contributed by atoms with Crippen LogP contribution in [0.2, 0.25) is 0 Å². The topological polar surface area (TPSA) is 48.4 Å². The molecule has 2 aromatic rings. The summed E-state index contributed by atoms with van der Waals surface area (Å²) in [6.07, 6.45) is 0. The van der Waals surface area contributed by atoms with Crippen molar-refractivity contribution in [1.29, 1.82) is 0 Å². The van der Waals surface area contributed by atoms with E-state index < -0.39 is 11.6 Å². The Labute approximate surface area is 131 Å². The maximum atomic E-state index is 12.1. The number of carbonyl (C=O) groups excluding carboxylic acids is 1. The molecule has 0 aliphatic heterocycles.